The van der Waals surface area contributed by atoms with Gasteiger partial charge in [-0.2, -0.15) is 0 Å². The molecular formula is C17H14ClNO2. The highest BCUT2D eigenvalue weighted by molar-refractivity contribution is 6.30. The lowest BCUT2D eigenvalue weighted by molar-refractivity contribution is 0.302. The molecule has 2 aromatic carbocycles. The molecule has 0 saturated carbocycles. The largest absolute Gasteiger partial charge is 0.456 e. The zero-order valence-electron chi connectivity index (χ0n) is 11.7. The molecule has 0 radical (unpaired) electrons. The minimum absolute atomic E-state index is 0.499. The van der Waals surface area contributed by atoms with Gasteiger partial charge >= 0.3 is 0 Å². The van der Waals surface area contributed by atoms with Crippen molar-refractivity contribution >= 4 is 22.6 Å². The van der Waals surface area contributed by atoms with Crippen molar-refractivity contribution < 1.29 is 9.62 Å². The van der Waals surface area contributed by atoms with E-state index in [0.717, 1.165) is 22.1 Å². The minimum Gasteiger partial charge on any atom is -0.456 e. The van der Waals surface area contributed by atoms with E-state index in [2.05, 4.69) is 5.16 Å². The molecular weight excluding hydrogens is 286 g/mol. The van der Waals surface area contributed by atoms with Gasteiger partial charge in [0.15, 0.2) is 0 Å². The molecule has 0 saturated heterocycles. The molecule has 3 nitrogen and oxygen atoms in total. The van der Waals surface area contributed by atoms with Crippen molar-refractivity contribution in [3.05, 3.63) is 64.0 Å². The average Bonchev–Trinajstić information content (AvgIpc) is 2.46. The van der Waals surface area contributed by atoms with Gasteiger partial charge in [0.2, 0.25) is 0 Å². The SMILES string of the molecule is Cc1cc(C)c2/c(=N\O)cc(-c3ccc(Cl)cc3)oc2c1. The Balaban J connectivity index is 2.34. The van der Waals surface area contributed by atoms with E-state index >= 15 is 0 Å². The monoisotopic (exact) mass is 299 g/mol. The van der Waals surface area contributed by atoms with Crippen LogP contribution in [0, 0.1) is 13.8 Å². The van der Waals surface area contributed by atoms with Crippen LogP contribution in [0.2, 0.25) is 5.02 Å². The molecule has 0 amide bonds. The number of hydrogen-bond acceptors (Lipinski definition) is 3. The summed E-state index contributed by atoms with van der Waals surface area (Å²) in [7, 11) is 0. The van der Waals surface area contributed by atoms with Crippen LogP contribution in [-0.4, -0.2) is 5.21 Å². The second-order valence-electron chi connectivity index (χ2n) is 5.06. The van der Waals surface area contributed by atoms with Gasteiger partial charge in [0.25, 0.3) is 0 Å². The van der Waals surface area contributed by atoms with Crippen LogP contribution in [0.4, 0.5) is 0 Å². The molecule has 0 atom stereocenters. The lowest BCUT2D eigenvalue weighted by Gasteiger charge is -2.07. The highest BCUT2D eigenvalue weighted by Gasteiger charge is 2.09. The van der Waals surface area contributed by atoms with Crippen molar-refractivity contribution in [2.24, 2.45) is 5.16 Å². The van der Waals surface area contributed by atoms with E-state index in [1.54, 1.807) is 18.2 Å². The van der Waals surface area contributed by atoms with Gasteiger partial charge in [0.05, 0.1) is 0 Å². The predicted molar refractivity (Wildman–Crippen MR) is 83.5 cm³/mol. The number of fused-ring (bicyclic) bond motifs is 1. The molecule has 1 N–H and O–H groups in total. The maximum Gasteiger partial charge on any atom is 0.137 e. The second kappa shape index (κ2) is 5.26. The van der Waals surface area contributed by atoms with Gasteiger partial charge in [-0.15, -0.1) is 0 Å². The Bertz CT molecular complexity index is 880. The summed E-state index contributed by atoms with van der Waals surface area (Å²) in [5.74, 6) is 0.636. The molecule has 0 fully saturated rings. The zero-order chi connectivity index (χ0) is 15.0. The van der Waals surface area contributed by atoms with Gasteiger partial charge in [0, 0.05) is 22.0 Å². The van der Waals surface area contributed by atoms with Crippen LogP contribution in [0.15, 0.2) is 52.0 Å². The van der Waals surface area contributed by atoms with E-state index in [4.69, 9.17) is 16.0 Å². The Morgan fingerprint density at radius 3 is 2.43 bits per heavy atom. The molecule has 1 aromatic heterocycles. The van der Waals surface area contributed by atoms with Crippen molar-refractivity contribution in [2.45, 2.75) is 13.8 Å². The molecule has 0 spiro atoms. The summed E-state index contributed by atoms with van der Waals surface area (Å²) < 4.78 is 5.98. The van der Waals surface area contributed by atoms with Crippen molar-refractivity contribution in [3.63, 3.8) is 0 Å². The van der Waals surface area contributed by atoms with Gasteiger partial charge in [-0.3, -0.25) is 0 Å². The van der Waals surface area contributed by atoms with Crippen LogP contribution in [0.25, 0.3) is 22.3 Å². The molecule has 4 heteroatoms. The zero-order valence-corrected chi connectivity index (χ0v) is 12.5. The fourth-order valence-electron chi connectivity index (χ4n) is 2.52. The third kappa shape index (κ3) is 2.52. The highest BCUT2D eigenvalue weighted by Crippen LogP contribution is 2.25. The van der Waals surface area contributed by atoms with Crippen molar-refractivity contribution in [2.75, 3.05) is 0 Å². The quantitative estimate of drug-likeness (QED) is 0.524. The molecule has 0 unspecified atom stereocenters. The van der Waals surface area contributed by atoms with Crippen molar-refractivity contribution in [1.82, 2.24) is 0 Å². The molecule has 0 aliphatic carbocycles. The molecule has 106 valence electrons. The van der Waals surface area contributed by atoms with Gasteiger partial charge in [-0.1, -0.05) is 22.8 Å². The van der Waals surface area contributed by atoms with E-state index in [1.807, 2.05) is 38.1 Å². The minimum atomic E-state index is 0.499. The van der Waals surface area contributed by atoms with Gasteiger partial charge < -0.3 is 9.62 Å². The first kappa shape index (κ1) is 13.7. The van der Waals surface area contributed by atoms with E-state index in [-0.39, 0.29) is 0 Å². The van der Waals surface area contributed by atoms with E-state index in [9.17, 15) is 5.21 Å². The van der Waals surface area contributed by atoms with Crippen LogP contribution in [-0.2, 0) is 0 Å². The number of rotatable bonds is 1. The van der Waals surface area contributed by atoms with E-state index in [1.165, 1.54) is 0 Å². The smallest absolute Gasteiger partial charge is 0.137 e. The number of aryl methyl sites for hydroxylation is 2. The maximum atomic E-state index is 9.31. The summed E-state index contributed by atoms with van der Waals surface area (Å²) in [6.07, 6.45) is 0. The van der Waals surface area contributed by atoms with Crippen molar-refractivity contribution in [3.8, 4) is 11.3 Å². The predicted octanol–water partition coefficient (Wildman–Crippen LogP) is 4.66. The van der Waals surface area contributed by atoms with Crippen LogP contribution in [0.1, 0.15) is 11.1 Å². The summed E-state index contributed by atoms with van der Waals surface area (Å²) in [6, 6.07) is 13.0. The second-order valence-corrected chi connectivity index (χ2v) is 5.49. The van der Waals surface area contributed by atoms with Crippen LogP contribution in [0.3, 0.4) is 0 Å². The lowest BCUT2D eigenvalue weighted by Crippen LogP contribution is -2.05. The molecule has 3 aromatic rings. The fourth-order valence-corrected chi connectivity index (χ4v) is 2.64. The van der Waals surface area contributed by atoms with Crippen LogP contribution in [0.5, 0.6) is 0 Å². The Morgan fingerprint density at radius 2 is 1.76 bits per heavy atom. The summed E-state index contributed by atoms with van der Waals surface area (Å²) in [5.41, 5.74) is 3.70. The Hall–Kier alpha value is -2.26. The molecule has 21 heavy (non-hydrogen) atoms. The summed E-state index contributed by atoms with van der Waals surface area (Å²) in [6.45, 7) is 3.98. The lowest BCUT2D eigenvalue weighted by atomic mass is 10.1. The van der Waals surface area contributed by atoms with Gasteiger partial charge in [-0.25, -0.2) is 0 Å². The third-order valence-corrected chi connectivity index (χ3v) is 3.68. The highest BCUT2D eigenvalue weighted by atomic mass is 35.5. The van der Waals surface area contributed by atoms with Gasteiger partial charge in [0.1, 0.15) is 16.7 Å². The summed E-state index contributed by atoms with van der Waals surface area (Å²) >= 11 is 5.91. The van der Waals surface area contributed by atoms with Crippen LogP contribution < -0.4 is 5.36 Å². The first-order chi connectivity index (χ1) is 10.1. The fraction of sp³-hybridized carbons (Fsp3) is 0.118. The normalized spacial score (nSPS) is 12.0. The standard InChI is InChI=1S/C17H14ClNO2/c1-10-7-11(2)17-14(19-20)9-15(21-16(17)8-10)12-3-5-13(18)6-4-12/h3-9,20H,1-2H3/b19-14-. The van der Waals surface area contributed by atoms with E-state index in [0.29, 0.717) is 21.7 Å². The van der Waals surface area contributed by atoms with E-state index < -0.39 is 0 Å². The molecule has 1 heterocycles. The topological polar surface area (TPSA) is 45.7 Å². The molecule has 0 aliphatic heterocycles. The Morgan fingerprint density at radius 1 is 1.05 bits per heavy atom. The van der Waals surface area contributed by atoms with Crippen molar-refractivity contribution in [1.29, 1.82) is 0 Å². The summed E-state index contributed by atoms with van der Waals surface area (Å²) in [5, 5.41) is 14.7. The Labute approximate surface area is 127 Å². The van der Waals surface area contributed by atoms with Gasteiger partial charge in [-0.05, 0) is 55.3 Å². The molecule has 3 rings (SSSR count). The first-order valence-electron chi connectivity index (χ1n) is 6.57. The number of benzene rings is 2. The number of halogens is 1. The maximum absolute atomic E-state index is 9.31. The average molecular weight is 300 g/mol. The third-order valence-electron chi connectivity index (χ3n) is 3.42. The number of nitrogens with zero attached hydrogens (tertiary/aromatic N) is 1. The van der Waals surface area contributed by atoms with Crippen LogP contribution >= 0.6 is 11.6 Å². The molecule has 0 bridgehead atoms. The molecule has 0 aliphatic rings. The number of hydrogen-bond donors (Lipinski definition) is 1. The Kier molecular flexibility index (Phi) is 3.43. The first-order valence-corrected chi connectivity index (χ1v) is 6.95. The summed E-state index contributed by atoms with van der Waals surface area (Å²) in [4.78, 5) is 0.